The van der Waals surface area contributed by atoms with Gasteiger partial charge >= 0.3 is 5.97 Å². The summed E-state index contributed by atoms with van der Waals surface area (Å²) in [5, 5.41) is 12.4. The fraction of sp³-hybridized carbons (Fsp3) is 0.833. The topological polar surface area (TPSA) is 105 Å². The highest BCUT2D eigenvalue weighted by atomic mass is 16.6. The predicted molar refractivity (Wildman–Crippen MR) is 90.7 cm³/mol. The van der Waals surface area contributed by atoms with E-state index in [1.165, 1.54) is 12.8 Å². The molecule has 0 aromatic heterocycles. The average Bonchev–Trinajstić information content (AvgIpc) is 3.24. The van der Waals surface area contributed by atoms with Gasteiger partial charge in [0.15, 0.2) is 0 Å². The van der Waals surface area contributed by atoms with E-state index in [1.807, 2.05) is 0 Å². The summed E-state index contributed by atoms with van der Waals surface area (Å²) < 4.78 is 9.95. The van der Waals surface area contributed by atoms with Crippen molar-refractivity contribution in [2.45, 2.75) is 57.3 Å². The number of amides is 2. The molecular formula is C18H28N2O6. The van der Waals surface area contributed by atoms with Crippen molar-refractivity contribution < 1.29 is 29.0 Å². The smallest absolute Gasteiger partial charge is 0.310 e. The normalized spacial score (nSPS) is 28.0. The molecule has 2 amide bonds. The number of aliphatic hydroxyl groups is 1. The lowest BCUT2D eigenvalue weighted by Crippen LogP contribution is -2.46. The van der Waals surface area contributed by atoms with Crippen LogP contribution in [-0.2, 0) is 23.9 Å². The zero-order chi connectivity index (χ0) is 18.5. The van der Waals surface area contributed by atoms with Crippen LogP contribution < -0.4 is 5.32 Å². The first kappa shape index (κ1) is 19.1. The number of carbonyl (C=O) groups excluding carboxylic acids is 3. The van der Waals surface area contributed by atoms with Crippen LogP contribution in [0.1, 0.15) is 44.9 Å². The summed E-state index contributed by atoms with van der Waals surface area (Å²) in [6.45, 7) is 2.17. The van der Waals surface area contributed by atoms with Gasteiger partial charge in [-0.3, -0.25) is 14.4 Å². The van der Waals surface area contributed by atoms with Gasteiger partial charge in [-0.2, -0.15) is 0 Å². The molecule has 3 fully saturated rings. The number of hydrogen-bond acceptors (Lipinski definition) is 6. The van der Waals surface area contributed by atoms with Gasteiger partial charge in [-0.1, -0.05) is 25.7 Å². The second-order valence-corrected chi connectivity index (χ2v) is 7.48. The fourth-order valence-electron chi connectivity index (χ4n) is 4.05. The Kier molecular flexibility index (Phi) is 6.48. The van der Waals surface area contributed by atoms with Crippen molar-refractivity contribution >= 4 is 17.8 Å². The number of cyclic esters (lactones) is 1. The number of aliphatic hydroxyl groups excluding tert-OH is 1. The van der Waals surface area contributed by atoms with Gasteiger partial charge in [-0.25, -0.2) is 0 Å². The first-order valence-electron chi connectivity index (χ1n) is 9.56. The first-order chi connectivity index (χ1) is 12.5. The van der Waals surface area contributed by atoms with Crippen molar-refractivity contribution in [2.75, 3.05) is 26.3 Å². The summed E-state index contributed by atoms with van der Waals surface area (Å²) in [6, 6.07) is -0.737. The maximum atomic E-state index is 12.8. The van der Waals surface area contributed by atoms with E-state index >= 15 is 0 Å². The Morgan fingerprint density at radius 2 is 1.92 bits per heavy atom. The summed E-state index contributed by atoms with van der Waals surface area (Å²) in [7, 11) is 0. The molecule has 0 bridgehead atoms. The molecule has 0 aromatic carbocycles. The standard InChI is InChI=1S/C18H28N2O6/c21-15(20-5-7-25-8-6-20)10-13(9-12-3-1-2-4-12)17(23)19-14-11-16(22)26-18(14)24/h12-14,18,24H,1-11H2,(H,19,23)/t13-,14+,18?/m1/s1. The molecule has 2 aliphatic heterocycles. The third kappa shape index (κ3) is 4.94. The Morgan fingerprint density at radius 1 is 1.23 bits per heavy atom. The highest BCUT2D eigenvalue weighted by Gasteiger charge is 2.37. The molecule has 1 aliphatic carbocycles. The molecule has 3 rings (SSSR count). The SMILES string of the molecule is O=C1C[C@H](NC(=O)[C@@H](CC(=O)N2CCOCC2)CC2CCCC2)C(O)O1. The molecule has 1 unspecified atom stereocenters. The summed E-state index contributed by atoms with van der Waals surface area (Å²) in [4.78, 5) is 38.4. The molecule has 8 heteroatoms. The van der Waals surface area contributed by atoms with Crippen molar-refractivity contribution in [2.24, 2.45) is 11.8 Å². The van der Waals surface area contributed by atoms with Gasteiger partial charge in [0.1, 0.15) is 6.04 Å². The summed E-state index contributed by atoms with van der Waals surface area (Å²) in [5.41, 5.74) is 0. The minimum absolute atomic E-state index is 0.0363. The Bertz CT molecular complexity index is 528. The van der Waals surface area contributed by atoms with Crippen molar-refractivity contribution in [3.05, 3.63) is 0 Å². The van der Waals surface area contributed by atoms with Crippen molar-refractivity contribution in [1.82, 2.24) is 10.2 Å². The van der Waals surface area contributed by atoms with Crippen LogP contribution in [0.5, 0.6) is 0 Å². The van der Waals surface area contributed by atoms with Gasteiger partial charge in [0.25, 0.3) is 0 Å². The predicted octanol–water partition coefficient (Wildman–Crippen LogP) is 0.182. The van der Waals surface area contributed by atoms with Crippen LogP contribution in [-0.4, -0.2) is 66.4 Å². The molecule has 1 saturated carbocycles. The third-order valence-electron chi connectivity index (χ3n) is 5.56. The van der Waals surface area contributed by atoms with Crippen molar-refractivity contribution in [3.63, 3.8) is 0 Å². The molecular weight excluding hydrogens is 340 g/mol. The van der Waals surface area contributed by atoms with Gasteiger partial charge in [0.2, 0.25) is 18.1 Å². The van der Waals surface area contributed by atoms with E-state index < -0.39 is 24.2 Å². The summed E-state index contributed by atoms with van der Waals surface area (Å²) in [5.74, 6) is -0.836. The zero-order valence-electron chi connectivity index (χ0n) is 15.0. The maximum absolute atomic E-state index is 12.8. The first-order valence-corrected chi connectivity index (χ1v) is 9.56. The number of hydrogen-bond donors (Lipinski definition) is 2. The molecule has 0 aromatic rings. The minimum Gasteiger partial charge on any atom is -0.434 e. The van der Waals surface area contributed by atoms with E-state index in [4.69, 9.17) is 4.74 Å². The molecule has 2 saturated heterocycles. The zero-order valence-corrected chi connectivity index (χ0v) is 15.0. The van der Waals surface area contributed by atoms with E-state index in [9.17, 15) is 19.5 Å². The van der Waals surface area contributed by atoms with E-state index in [0.717, 1.165) is 12.8 Å². The van der Waals surface area contributed by atoms with Crippen LogP contribution in [0.3, 0.4) is 0 Å². The minimum atomic E-state index is -1.31. The van der Waals surface area contributed by atoms with Crippen LogP contribution in [0.4, 0.5) is 0 Å². The lowest BCUT2D eigenvalue weighted by Gasteiger charge is -2.29. The largest absolute Gasteiger partial charge is 0.434 e. The quantitative estimate of drug-likeness (QED) is 0.648. The summed E-state index contributed by atoms with van der Waals surface area (Å²) in [6.07, 6.45) is 3.97. The number of rotatable bonds is 6. The Balaban J connectivity index is 1.60. The number of nitrogens with one attached hydrogen (secondary N) is 1. The summed E-state index contributed by atoms with van der Waals surface area (Å²) >= 11 is 0. The highest BCUT2D eigenvalue weighted by molar-refractivity contribution is 5.86. The average molecular weight is 368 g/mol. The van der Waals surface area contributed by atoms with E-state index in [-0.39, 0.29) is 24.7 Å². The lowest BCUT2D eigenvalue weighted by atomic mass is 9.89. The van der Waals surface area contributed by atoms with Gasteiger partial charge in [0.05, 0.1) is 19.6 Å². The fourth-order valence-corrected chi connectivity index (χ4v) is 4.05. The lowest BCUT2D eigenvalue weighted by molar-refractivity contribution is -0.155. The van der Waals surface area contributed by atoms with E-state index in [2.05, 4.69) is 10.1 Å². The third-order valence-corrected chi connectivity index (χ3v) is 5.56. The van der Waals surface area contributed by atoms with Gasteiger partial charge in [-0.05, 0) is 12.3 Å². The Morgan fingerprint density at radius 3 is 2.54 bits per heavy atom. The molecule has 8 nitrogen and oxygen atoms in total. The molecule has 2 heterocycles. The molecule has 3 atom stereocenters. The number of nitrogens with zero attached hydrogens (tertiary/aromatic N) is 1. The van der Waals surface area contributed by atoms with Gasteiger partial charge < -0.3 is 24.8 Å². The molecule has 3 aliphatic rings. The monoisotopic (exact) mass is 368 g/mol. The van der Waals surface area contributed by atoms with Gasteiger partial charge in [0, 0.05) is 25.4 Å². The molecule has 0 spiro atoms. The number of esters is 1. The number of ether oxygens (including phenoxy) is 2. The number of morpholine rings is 1. The Hall–Kier alpha value is -1.67. The highest BCUT2D eigenvalue weighted by Crippen LogP contribution is 2.32. The van der Waals surface area contributed by atoms with Crippen molar-refractivity contribution in [3.8, 4) is 0 Å². The van der Waals surface area contributed by atoms with Crippen LogP contribution in [0.25, 0.3) is 0 Å². The van der Waals surface area contributed by atoms with E-state index in [0.29, 0.717) is 38.6 Å². The second-order valence-electron chi connectivity index (χ2n) is 7.48. The molecule has 26 heavy (non-hydrogen) atoms. The van der Waals surface area contributed by atoms with Crippen LogP contribution >= 0.6 is 0 Å². The molecule has 2 N–H and O–H groups in total. The number of carbonyl (C=O) groups is 3. The van der Waals surface area contributed by atoms with Crippen LogP contribution in [0.2, 0.25) is 0 Å². The van der Waals surface area contributed by atoms with Gasteiger partial charge in [-0.15, -0.1) is 0 Å². The second kappa shape index (κ2) is 8.81. The van der Waals surface area contributed by atoms with Crippen LogP contribution in [0.15, 0.2) is 0 Å². The van der Waals surface area contributed by atoms with Crippen molar-refractivity contribution in [1.29, 1.82) is 0 Å². The van der Waals surface area contributed by atoms with E-state index in [1.54, 1.807) is 4.90 Å². The maximum Gasteiger partial charge on any atom is 0.310 e. The van der Waals surface area contributed by atoms with Crippen LogP contribution in [0, 0.1) is 11.8 Å². The molecule has 0 radical (unpaired) electrons. The Labute approximate surface area is 153 Å². The molecule has 146 valence electrons.